The van der Waals surface area contributed by atoms with Gasteiger partial charge in [0, 0.05) is 5.69 Å². The molecule has 1 rings (SSSR count). The van der Waals surface area contributed by atoms with Crippen molar-refractivity contribution in [2.45, 2.75) is 24.8 Å². The number of carbonyl (C=O) groups is 1. The average molecular weight is 272 g/mol. The van der Waals surface area contributed by atoms with Crippen LogP contribution in [0.1, 0.15) is 13.8 Å². The van der Waals surface area contributed by atoms with Gasteiger partial charge in [0.1, 0.15) is 6.61 Å². The Kier molecular flexibility index (Phi) is 4.69. The Labute approximate surface area is 106 Å². The Morgan fingerprint density at radius 3 is 2.39 bits per heavy atom. The molecule has 0 saturated heterocycles. The van der Waals surface area contributed by atoms with E-state index in [0.29, 0.717) is 5.69 Å². The zero-order valence-corrected chi connectivity index (χ0v) is 11.0. The van der Waals surface area contributed by atoms with Gasteiger partial charge in [-0.25, -0.2) is 13.1 Å². The fraction of sp³-hybridized carbons (Fsp3) is 0.364. The molecule has 0 unspecified atom stereocenters. The van der Waals surface area contributed by atoms with Gasteiger partial charge in [0.05, 0.1) is 11.0 Å². The van der Waals surface area contributed by atoms with Crippen LogP contribution in [-0.2, 0) is 19.6 Å². The molecule has 0 atom stereocenters. The molecule has 0 aromatic heterocycles. The fourth-order valence-corrected chi connectivity index (χ4v) is 2.10. The summed E-state index contributed by atoms with van der Waals surface area (Å²) in [5.74, 6) is -0.708. The summed E-state index contributed by atoms with van der Waals surface area (Å²) >= 11 is 0. The predicted octanol–water partition coefficient (Wildman–Crippen LogP) is 0.499. The quantitative estimate of drug-likeness (QED) is 0.760. The Morgan fingerprint density at radius 1 is 1.33 bits per heavy atom. The summed E-state index contributed by atoms with van der Waals surface area (Å²) in [6, 6.07) is 5.55. The van der Waals surface area contributed by atoms with Crippen LogP contribution < -0.4 is 10.5 Å². The lowest BCUT2D eigenvalue weighted by Gasteiger charge is -2.09. The van der Waals surface area contributed by atoms with Gasteiger partial charge in [-0.1, -0.05) is 0 Å². The molecule has 1 amide bonds. The molecule has 0 bridgehead atoms. The molecule has 1 aromatic rings. The van der Waals surface area contributed by atoms with E-state index in [9.17, 15) is 13.2 Å². The van der Waals surface area contributed by atoms with Gasteiger partial charge in [-0.2, -0.15) is 0 Å². The maximum atomic E-state index is 11.8. The van der Waals surface area contributed by atoms with Gasteiger partial charge in [-0.15, -0.1) is 0 Å². The van der Waals surface area contributed by atoms with Crippen molar-refractivity contribution in [2.24, 2.45) is 0 Å². The smallest absolute Gasteiger partial charge is 0.264 e. The van der Waals surface area contributed by atoms with Gasteiger partial charge in [0.25, 0.3) is 15.9 Å². The first-order valence-corrected chi connectivity index (χ1v) is 6.82. The molecule has 0 aliphatic carbocycles. The highest BCUT2D eigenvalue weighted by Crippen LogP contribution is 2.11. The average Bonchev–Trinajstić information content (AvgIpc) is 2.26. The SMILES string of the molecule is CC(C)OCC(=O)NS(=O)(=O)c1ccc(N)cc1. The maximum Gasteiger partial charge on any atom is 0.264 e. The highest BCUT2D eigenvalue weighted by atomic mass is 32.2. The number of carbonyl (C=O) groups excluding carboxylic acids is 1. The number of sulfonamides is 1. The largest absolute Gasteiger partial charge is 0.399 e. The molecule has 0 spiro atoms. The van der Waals surface area contributed by atoms with E-state index in [4.69, 9.17) is 10.5 Å². The summed E-state index contributed by atoms with van der Waals surface area (Å²) in [5.41, 5.74) is 5.90. The topological polar surface area (TPSA) is 98.5 Å². The normalized spacial score (nSPS) is 11.5. The lowest BCUT2D eigenvalue weighted by Crippen LogP contribution is -2.34. The zero-order valence-electron chi connectivity index (χ0n) is 10.2. The number of amides is 1. The van der Waals surface area contributed by atoms with Crippen LogP contribution in [0.5, 0.6) is 0 Å². The van der Waals surface area contributed by atoms with Crippen LogP contribution in [0.25, 0.3) is 0 Å². The van der Waals surface area contributed by atoms with Crippen molar-refractivity contribution in [1.82, 2.24) is 4.72 Å². The van der Waals surface area contributed by atoms with Gasteiger partial charge < -0.3 is 10.5 Å². The van der Waals surface area contributed by atoms with Crippen molar-refractivity contribution < 1.29 is 17.9 Å². The van der Waals surface area contributed by atoms with Gasteiger partial charge in [-0.05, 0) is 38.1 Å². The molecule has 0 aliphatic rings. The zero-order chi connectivity index (χ0) is 13.8. The van der Waals surface area contributed by atoms with Crippen LogP contribution in [0.4, 0.5) is 5.69 Å². The third kappa shape index (κ3) is 4.34. The number of rotatable bonds is 5. The van der Waals surface area contributed by atoms with Gasteiger partial charge in [0.15, 0.2) is 0 Å². The molecule has 0 heterocycles. The van der Waals surface area contributed by atoms with Crippen LogP contribution in [0.3, 0.4) is 0 Å². The van der Waals surface area contributed by atoms with E-state index in [2.05, 4.69) is 0 Å². The van der Waals surface area contributed by atoms with E-state index < -0.39 is 15.9 Å². The monoisotopic (exact) mass is 272 g/mol. The first kappa shape index (κ1) is 14.5. The first-order chi connectivity index (χ1) is 8.31. The summed E-state index contributed by atoms with van der Waals surface area (Å²) in [6.45, 7) is 3.20. The number of nitrogens with two attached hydrogens (primary N) is 1. The minimum Gasteiger partial charge on any atom is -0.399 e. The van der Waals surface area contributed by atoms with Crippen LogP contribution in [0, 0.1) is 0 Å². The molecule has 0 saturated carbocycles. The van der Waals surface area contributed by atoms with E-state index in [0.717, 1.165) is 0 Å². The second kappa shape index (κ2) is 5.83. The number of nitrogens with one attached hydrogen (secondary N) is 1. The lowest BCUT2D eigenvalue weighted by atomic mass is 10.3. The van der Waals surface area contributed by atoms with E-state index >= 15 is 0 Å². The second-order valence-corrected chi connectivity index (χ2v) is 5.64. The summed E-state index contributed by atoms with van der Waals surface area (Å²) in [7, 11) is -3.86. The Hall–Kier alpha value is -1.60. The van der Waals surface area contributed by atoms with Gasteiger partial charge in [-0.3, -0.25) is 4.79 Å². The van der Waals surface area contributed by atoms with Crippen molar-refractivity contribution in [1.29, 1.82) is 0 Å². The molecule has 6 nitrogen and oxygen atoms in total. The van der Waals surface area contributed by atoms with Gasteiger partial charge in [0.2, 0.25) is 0 Å². The summed E-state index contributed by atoms with van der Waals surface area (Å²) in [4.78, 5) is 11.3. The van der Waals surface area contributed by atoms with Crippen LogP contribution >= 0.6 is 0 Å². The molecular weight excluding hydrogens is 256 g/mol. The fourth-order valence-electron chi connectivity index (χ4n) is 1.13. The summed E-state index contributed by atoms with van der Waals surface area (Å²) in [6.07, 6.45) is -0.144. The molecule has 18 heavy (non-hydrogen) atoms. The number of anilines is 1. The van der Waals surface area contributed by atoms with Crippen LogP contribution in [-0.4, -0.2) is 27.0 Å². The number of hydrogen-bond donors (Lipinski definition) is 2. The van der Waals surface area contributed by atoms with Crippen molar-refractivity contribution in [3.8, 4) is 0 Å². The minimum absolute atomic E-state index is 0.0189. The van der Waals surface area contributed by atoms with Gasteiger partial charge >= 0.3 is 0 Å². The molecule has 7 heteroatoms. The van der Waals surface area contributed by atoms with Crippen molar-refractivity contribution in [3.05, 3.63) is 24.3 Å². The van der Waals surface area contributed by atoms with Crippen molar-refractivity contribution in [2.75, 3.05) is 12.3 Å². The summed E-state index contributed by atoms with van der Waals surface area (Å²) < 4.78 is 30.5. The van der Waals surface area contributed by atoms with E-state index in [-0.39, 0.29) is 17.6 Å². The number of benzene rings is 1. The standard InChI is InChI=1S/C11H16N2O4S/c1-8(2)17-7-11(14)13-18(15,16)10-5-3-9(12)4-6-10/h3-6,8H,7,12H2,1-2H3,(H,13,14). The van der Waals surface area contributed by atoms with E-state index in [1.165, 1.54) is 24.3 Å². The van der Waals surface area contributed by atoms with E-state index in [1.54, 1.807) is 13.8 Å². The van der Waals surface area contributed by atoms with Crippen molar-refractivity contribution >= 4 is 21.6 Å². The Balaban J connectivity index is 2.70. The van der Waals surface area contributed by atoms with E-state index in [1.807, 2.05) is 4.72 Å². The summed E-state index contributed by atoms with van der Waals surface area (Å²) in [5, 5.41) is 0. The number of hydrogen-bond acceptors (Lipinski definition) is 5. The van der Waals surface area contributed by atoms with Crippen molar-refractivity contribution in [3.63, 3.8) is 0 Å². The minimum atomic E-state index is -3.86. The molecule has 100 valence electrons. The molecular formula is C11H16N2O4S. The first-order valence-electron chi connectivity index (χ1n) is 5.34. The Morgan fingerprint density at radius 2 is 1.89 bits per heavy atom. The molecule has 0 fully saturated rings. The lowest BCUT2D eigenvalue weighted by molar-refractivity contribution is -0.125. The third-order valence-electron chi connectivity index (χ3n) is 1.99. The molecule has 0 radical (unpaired) electrons. The highest BCUT2D eigenvalue weighted by molar-refractivity contribution is 7.90. The van der Waals surface area contributed by atoms with Crippen LogP contribution in [0.15, 0.2) is 29.2 Å². The van der Waals surface area contributed by atoms with Crippen LogP contribution in [0.2, 0.25) is 0 Å². The molecule has 0 aliphatic heterocycles. The number of nitrogen functional groups attached to an aromatic ring is 1. The molecule has 1 aromatic carbocycles. The molecule has 3 N–H and O–H groups in total. The second-order valence-electron chi connectivity index (χ2n) is 3.96. The third-order valence-corrected chi connectivity index (χ3v) is 3.38. The maximum absolute atomic E-state index is 11.8. The predicted molar refractivity (Wildman–Crippen MR) is 67.3 cm³/mol. The number of ether oxygens (including phenoxy) is 1. The Bertz CT molecular complexity index is 508. The highest BCUT2D eigenvalue weighted by Gasteiger charge is 2.17.